The fourth-order valence-electron chi connectivity index (χ4n) is 3.01. The predicted molar refractivity (Wildman–Crippen MR) is 69.2 cm³/mol. The number of β-amino-alcohol motifs (C(OH)–C–C–N with tert-alkyl or cyclic N) is 1. The van der Waals surface area contributed by atoms with Crippen molar-refractivity contribution in [2.45, 2.75) is 43.9 Å². The van der Waals surface area contributed by atoms with Crippen molar-refractivity contribution in [1.82, 2.24) is 4.90 Å². The van der Waals surface area contributed by atoms with E-state index < -0.39 is 5.60 Å². The highest BCUT2D eigenvalue weighted by molar-refractivity contribution is 6.30. The number of hydrogen-bond acceptors (Lipinski definition) is 2. The van der Waals surface area contributed by atoms with Gasteiger partial charge in [0.2, 0.25) is 0 Å². The molecule has 1 saturated heterocycles. The average Bonchev–Trinajstić information content (AvgIpc) is 3.06. The second-order valence-electron chi connectivity index (χ2n) is 5.50. The number of hydrogen-bond donors (Lipinski definition) is 1. The van der Waals surface area contributed by atoms with Gasteiger partial charge in [0.15, 0.2) is 0 Å². The summed E-state index contributed by atoms with van der Waals surface area (Å²) in [7, 11) is 0. The van der Waals surface area contributed by atoms with Crippen molar-refractivity contribution in [3.63, 3.8) is 0 Å². The summed E-state index contributed by atoms with van der Waals surface area (Å²) in [6, 6.07) is 8.82. The van der Waals surface area contributed by atoms with Gasteiger partial charge in [-0.2, -0.15) is 0 Å². The van der Waals surface area contributed by atoms with Crippen LogP contribution < -0.4 is 0 Å². The van der Waals surface area contributed by atoms with Crippen LogP contribution in [0.2, 0.25) is 5.02 Å². The van der Waals surface area contributed by atoms with Crippen LogP contribution in [0.5, 0.6) is 0 Å². The normalized spacial score (nSPS) is 34.2. The predicted octanol–water partition coefficient (Wildman–Crippen LogP) is 2.78. The standard InChI is InChI=1S/C14H18ClNO/c1-10-8-14(17,9-16(10)13-5-6-13)11-3-2-4-12(15)7-11/h2-4,7,10,13,17H,5-6,8-9H2,1H3. The third kappa shape index (κ3) is 2.10. The lowest BCUT2D eigenvalue weighted by molar-refractivity contribution is 0.0452. The molecule has 17 heavy (non-hydrogen) atoms. The lowest BCUT2D eigenvalue weighted by Gasteiger charge is -2.24. The molecule has 0 radical (unpaired) electrons. The van der Waals surface area contributed by atoms with Crippen LogP contribution >= 0.6 is 11.6 Å². The molecule has 2 fully saturated rings. The molecule has 3 rings (SSSR count). The molecule has 1 aromatic carbocycles. The molecule has 2 aliphatic rings. The maximum atomic E-state index is 10.8. The van der Waals surface area contributed by atoms with Gasteiger partial charge in [0.25, 0.3) is 0 Å². The third-order valence-corrected chi connectivity index (χ3v) is 4.26. The smallest absolute Gasteiger partial charge is 0.104 e. The van der Waals surface area contributed by atoms with Gasteiger partial charge in [0.1, 0.15) is 5.60 Å². The number of nitrogens with zero attached hydrogens (tertiary/aromatic N) is 1. The Labute approximate surface area is 107 Å². The van der Waals surface area contributed by atoms with Gasteiger partial charge in [-0.3, -0.25) is 4.90 Å². The number of aliphatic hydroxyl groups is 1. The Morgan fingerprint density at radius 3 is 2.82 bits per heavy atom. The summed E-state index contributed by atoms with van der Waals surface area (Å²) in [5.41, 5.74) is 0.243. The first-order valence-electron chi connectivity index (χ1n) is 6.33. The molecular formula is C14H18ClNO. The molecule has 3 heteroatoms. The lowest BCUT2D eigenvalue weighted by atomic mass is 9.91. The van der Waals surface area contributed by atoms with Crippen molar-refractivity contribution >= 4 is 11.6 Å². The monoisotopic (exact) mass is 251 g/mol. The summed E-state index contributed by atoms with van der Waals surface area (Å²) in [6.45, 7) is 2.96. The molecule has 1 aromatic rings. The molecule has 0 spiro atoms. The van der Waals surface area contributed by atoms with E-state index in [0.29, 0.717) is 17.1 Å². The van der Waals surface area contributed by atoms with E-state index in [4.69, 9.17) is 11.6 Å². The summed E-state index contributed by atoms with van der Waals surface area (Å²) < 4.78 is 0. The molecule has 1 aliphatic heterocycles. The van der Waals surface area contributed by atoms with Gasteiger partial charge in [-0.1, -0.05) is 23.7 Å². The molecule has 1 heterocycles. The fourth-order valence-corrected chi connectivity index (χ4v) is 3.20. The third-order valence-electron chi connectivity index (χ3n) is 4.02. The largest absolute Gasteiger partial charge is 0.384 e. The molecular weight excluding hydrogens is 234 g/mol. The zero-order valence-electron chi connectivity index (χ0n) is 10.1. The molecule has 92 valence electrons. The molecule has 1 N–H and O–H groups in total. The van der Waals surface area contributed by atoms with Crippen molar-refractivity contribution in [2.24, 2.45) is 0 Å². The van der Waals surface area contributed by atoms with E-state index in [2.05, 4.69) is 11.8 Å². The number of rotatable bonds is 2. The van der Waals surface area contributed by atoms with Crippen molar-refractivity contribution < 1.29 is 5.11 Å². The van der Waals surface area contributed by atoms with Crippen molar-refractivity contribution in [3.8, 4) is 0 Å². The topological polar surface area (TPSA) is 23.5 Å². The van der Waals surface area contributed by atoms with Crippen LogP contribution in [0, 0.1) is 0 Å². The Kier molecular flexibility index (Phi) is 2.69. The Balaban J connectivity index is 1.87. The van der Waals surface area contributed by atoms with Crippen LogP contribution in [0.25, 0.3) is 0 Å². The number of likely N-dealkylation sites (tertiary alicyclic amines) is 1. The van der Waals surface area contributed by atoms with E-state index in [1.165, 1.54) is 12.8 Å². The molecule has 0 amide bonds. The van der Waals surface area contributed by atoms with Crippen LogP contribution in [-0.4, -0.2) is 28.6 Å². The van der Waals surface area contributed by atoms with Gasteiger partial charge in [-0.05, 0) is 43.9 Å². The zero-order chi connectivity index (χ0) is 12.0. The zero-order valence-corrected chi connectivity index (χ0v) is 10.8. The Morgan fingerprint density at radius 2 is 2.18 bits per heavy atom. The molecule has 2 atom stereocenters. The highest BCUT2D eigenvalue weighted by Crippen LogP contribution is 2.42. The second-order valence-corrected chi connectivity index (χ2v) is 5.94. The van der Waals surface area contributed by atoms with E-state index in [1.54, 1.807) is 0 Å². The van der Waals surface area contributed by atoms with E-state index >= 15 is 0 Å². The van der Waals surface area contributed by atoms with Crippen LogP contribution in [0.3, 0.4) is 0 Å². The van der Waals surface area contributed by atoms with Crippen LogP contribution in [0.15, 0.2) is 24.3 Å². The average molecular weight is 252 g/mol. The SMILES string of the molecule is CC1CC(O)(c2cccc(Cl)c2)CN1C1CC1. The highest BCUT2D eigenvalue weighted by Gasteiger charge is 2.46. The first kappa shape index (κ1) is 11.5. The molecule has 0 aromatic heterocycles. The quantitative estimate of drug-likeness (QED) is 0.874. The maximum absolute atomic E-state index is 10.8. The number of benzene rings is 1. The second kappa shape index (κ2) is 3.98. The highest BCUT2D eigenvalue weighted by atomic mass is 35.5. The first-order chi connectivity index (χ1) is 8.08. The summed E-state index contributed by atoms with van der Waals surface area (Å²) in [6.07, 6.45) is 3.38. The van der Waals surface area contributed by atoms with E-state index in [0.717, 1.165) is 18.5 Å². The van der Waals surface area contributed by atoms with Crippen LogP contribution in [0.1, 0.15) is 31.7 Å². The Morgan fingerprint density at radius 1 is 1.41 bits per heavy atom. The molecule has 1 saturated carbocycles. The number of halogens is 1. The fraction of sp³-hybridized carbons (Fsp3) is 0.571. The lowest BCUT2D eigenvalue weighted by Crippen LogP contribution is -2.33. The van der Waals surface area contributed by atoms with Gasteiger partial charge < -0.3 is 5.11 Å². The van der Waals surface area contributed by atoms with Gasteiger partial charge in [-0.15, -0.1) is 0 Å². The minimum Gasteiger partial charge on any atom is -0.384 e. The van der Waals surface area contributed by atoms with Crippen molar-refractivity contribution in [1.29, 1.82) is 0 Å². The molecule has 2 nitrogen and oxygen atoms in total. The van der Waals surface area contributed by atoms with Gasteiger partial charge in [-0.25, -0.2) is 0 Å². The molecule has 2 unspecified atom stereocenters. The summed E-state index contributed by atoms with van der Waals surface area (Å²) in [5, 5.41) is 11.5. The van der Waals surface area contributed by atoms with Crippen molar-refractivity contribution in [3.05, 3.63) is 34.9 Å². The summed E-state index contributed by atoms with van der Waals surface area (Å²) in [4.78, 5) is 2.45. The minimum atomic E-state index is -0.715. The van der Waals surface area contributed by atoms with Gasteiger partial charge >= 0.3 is 0 Å². The van der Waals surface area contributed by atoms with Crippen LogP contribution in [-0.2, 0) is 5.60 Å². The Hall–Kier alpha value is -0.570. The summed E-state index contributed by atoms with van der Waals surface area (Å²) >= 11 is 6.01. The summed E-state index contributed by atoms with van der Waals surface area (Å²) in [5.74, 6) is 0. The van der Waals surface area contributed by atoms with Crippen molar-refractivity contribution in [2.75, 3.05) is 6.54 Å². The van der Waals surface area contributed by atoms with Crippen LogP contribution in [0.4, 0.5) is 0 Å². The first-order valence-corrected chi connectivity index (χ1v) is 6.70. The van der Waals surface area contributed by atoms with E-state index in [9.17, 15) is 5.11 Å². The van der Waals surface area contributed by atoms with E-state index in [-0.39, 0.29) is 0 Å². The Bertz CT molecular complexity index is 432. The van der Waals surface area contributed by atoms with Gasteiger partial charge in [0, 0.05) is 23.7 Å². The van der Waals surface area contributed by atoms with Gasteiger partial charge in [0.05, 0.1) is 0 Å². The van der Waals surface area contributed by atoms with E-state index in [1.807, 2.05) is 24.3 Å². The molecule has 0 bridgehead atoms. The molecule has 1 aliphatic carbocycles. The minimum absolute atomic E-state index is 0.464. The maximum Gasteiger partial charge on any atom is 0.104 e.